The largest absolute Gasteiger partial charge is 0.507 e. The maximum absolute atomic E-state index is 12.5. The Morgan fingerprint density at radius 3 is 2.91 bits per heavy atom. The molecule has 1 unspecified atom stereocenters. The molecule has 0 bridgehead atoms. The van der Waals surface area contributed by atoms with Crippen LogP contribution in [0.2, 0.25) is 5.02 Å². The summed E-state index contributed by atoms with van der Waals surface area (Å²) < 4.78 is 0. The highest BCUT2D eigenvalue weighted by Crippen LogP contribution is 2.41. The Morgan fingerprint density at radius 2 is 2.18 bits per heavy atom. The Hall–Kier alpha value is -1.98. The van der Waals surface area contributed by atoms with Gasteiger partial charge in [0, 0.05) is 26.9 Å². The second-order valence-electron chi connectivity index (χ2n) is 4.83. The van der Waals surface area contributed by atoms with Gasteiger partial charge in [0.05, 0.1) is 5.57 Å². The molecule has 1 aliphatic rings. The average molecular weight is 333 g/mol. The Bertz CT molecular complexity index is 762. The summed E-state index contributed by atoms with van der Waals surface area (Å²) in [5.41, 5.74) is 0.909. The molecule has 2 aromatic rings. The summed E-state index contributed by atoms with van der Waals surface area (Å²) in [4.78, 5) is 17.4. The second kappa shape index (κ2) is 6.02. The van der Waals surface area contributed by atoms with Crippen LogP contribution >= 0.6 is 23.4 Å². The third-order valence-electron chi connectivity index (χ3n) is 3.31. The molecule has 1 aliphatic heterocycles. The molecule has 22 heavy (non-hydrogen) atoms. The van der Waals surface area contributed by atoms with Crippen LogP contribution in [0.15, 0.2) is 53.1 Å². The summed E-state index contributed by atoms with van der Waals surface area (Å²) in [5.74, 6) is 0.0564. The third-order valence-corrected chi connectivity index (χ3v) is 4.75. The molecular weight excluding hydrogens is 320 g/mol. The van der Waals surface area contributed by atoms with Gasteiger partial charge in [0.15, 0.2) is 0 Å². The van der Waals surface area contributed by atoms with Crippen molar-refractivity contribution in [3.8, 4) is 0 Å². The molecule has 0 aliphatic carbocycles. The first kappa shape index (κ1) is 14.9. The standard InChI is InChI=1S/C16H13ClN2O2S/c1-9-14(16(21)19-13-4-2-3-7-18-13)15(20)11-8-10(17)5-6-12(11)22-9/h2-9,20H,1H3,(H,18,19,21). The molecule has 1 amide bonds. The minimum atomic E-state index is -0.359. The summed E-state index contributed by atoms with van der Waals surface area (Å²) in [6.45, 7) is 1.88. The van der Waals surface area contributed by atoms with Crippen LogP contribution in [0.25, 0.3) is 5.76 Å². The molecule has 4 nitrogen and oxygen atoms in total. The molecule has 1 aromatic carbocycles. The molecule has 0 saturated heterocycles. The Balaban J connectivity index is 1.97. The zero-order valence-corrected chi connectivity index (χ0v) is 13.3. The van der Waals surface area contributed by atoms with E-state index in [1.54, 1.807) is 36.5 Å². The van der Waals surface area contributed by atoms with Gasteiger partial charge < -0.3 is 10.4 Å². The van der Waals surface area contributed by atoms with E-state index < -0.39 is 0 Å². The van der Waals surface area contributed by atoms with E-state index in [1.165, 1.54) is 11.8 Å². The number of carbonyl (C=O) groups excluding carboxylic acids is 1. The topological polar surface area (TPSA) is 62.2 Å². The number of halogens is 1. The lowest BCUT2D eigenvalue weighted by Gasteiger charge is -2.24. The number of nitrogens with zero attached hydrogens (tertiary/aromatic N) is 1. The van der Waals surface area contributed by atoms with E-state index in [0.717, 1.165) is 4.90 Å². The molecular formula is C16H13ClN2O2S. The van der Waals surface area contributed by atoms with E-state index in [9.17, 15) is 9.90 Å². The highest BCUT2D eigenvalue weighted by atomic mass is 35.5. The molecule has 1 atom stereocenters. The SMILES string of the molecule is CC1Sc2ccc(Cl)cc2C(O)=C1C(=O)Nc1ccccn1. The van der Waals surface area contributed by atoms with Crippen molar-refractivity contribution in [3.05, 3.63) is 58.8 Å². The number of anilines is 1. The van der Waals surface area contributed by atoms with E-state index in [0.29, 0.717) is 22.0 Å². The van der Waals surface area contributed by atoms with Crippen LogP contribution in [0.3, 0.4) is 0 Å². The highest BCUT2D eigenvalue weighted by molar-refractivity contribution is 8.00. The Morgan fingerprint density at radius 1 is 1.36 bits per heavy atom. The van der Waals surface area contributed by atoms with Gasteiger partial charge in [-0.15, -0.1) is 11.8 Å². The number of amides is 1. The van der Waals surface area contributed by atoms with Gasteiger partial charge in [-0.25, -0.2) is 4.98 Å². The number of nitrogens with one attached hydrogen (secondary N) is 1. The fourth-order valence-electron chi connectivity index (χ4n) is 2.29. The number of aliphatic hydroxyl groups is 1. The number of aliphatic hydroxyl groups excluding tert-OH is 1. The van der Waals surface area contributed by atoms with Gasteiger partial charge in [-0.3, -0.25) is 4.79 Å². The van der Waals surface area contributed by atoms with Crippen molar-refractivity contribution in [2.24, 2.45) is 0 Å². The maximum Gasteiger partial charge on any atom is 0.257 e. The first-order valence-electron chi connectivity index (χ1n) is 6.68. The number of benzene rings is 1. The van der Waals surface area contributed by atoms with E-state index in [2.05, 4.69) is 10.3 Å². The summed E-state index contributed by atoms with van der Waals surface area (Å²) >= 11 is 7.50. The molecule has 0 spiro atoms. The summed E-state index contributed by atoms with van der Waals surface area (Å²) in [7, 11) is 0. The normalized spacial score (nSPS) is 17.1. The van der Waals surface area contributed by atoms with Crippen LogP contribution in [0.4, 0.5) is 5.82 Å². The van der Waals surface area contributed by atoms with Gasteiger partial charge in [-0.2, -0.15) is 0 Å². The zero-order chi connectivity index (χ0) is 15.7. The molecule has 3 rings (SSSR count). The summed E-state index contributed by atoms with van der Waals surface area (Å²) in [6.07, 6.45) is 1.60. The van der Waals surface area contributed by atoms with Crippen molar-refractivity contribution in [2.45, 2.75) is 17.1 Å². The number of fused-ring (bicyclic) bond motifs is 1. The molecule has 6 heteroatoms. The molecule has 2 heterocycles. The number of hydrogen-bond donors (Lipinski definition) is 2. The average Bonchev–Trinajstić information content (AvgIpc) is 2.49. The zero-order valence-electron chi connectivity index (χ0n) is 11.7. The van der Waals surface area contributed by atoms with E-state index >= 15 is 0 Å². The number of pyridine rings is 1. The predicted molar refractivity (Wildman–Crippen MR) is 89.2 cm³/mol. The monoisotopic (exact) mass is 332 g/mol. The summed E-state index contributed by atoms with van der Waals surface area (Å²) in [5, 5.41) is 13.5. The minimum Gasteiger partial charge on any atom is -0.507 e. The van der Waals surface area contributed by atoms with Crippen molar-refractivity contribution in [3.63, 3.8) is 0 Å². The molecule has 0 fully saturated rings. The van der Waals surface area contributed by atoms with E-state index in [1.807, 2.05) is 13.0 Å². The van der Waals surface area contributed by atoms with Crippen molar-refractivity contribution in [1.82, 2.24) is 4.98 Å². The van der Waals surface area contributed by atoms with Gasteiger partial charge in [0.25, 0.3) is 5.91 Å². The van der Waals surface area contributed by atoms with Crippen LogP contribution < -0.4 is 5.32 Å². The molecule has 1 aromatic heterocycles. The van der Waals surface area contributed by atoms with Crippen molar-refractivity contribution < 1.29 is 9.90 Å². The second-order valence-corrected chi connectivity index (χ2v) is 6.65. The van der Waals surface area contributed by atoms with Crippen LogP contribution in [0.5, 0.6) is 0 Å². The van der Waals surface area contributed by atoms with Crippen LogP contribution in [0.1, 0.15) is 12.5 Å². The lowest BCUT2D eigenvalue weighted by molar-refractivity contribution is -0.112. The molecule has 112 valence electrons. The highest BCUT2D eigenvalue weighted by Gasteiger charge is 2.30. The first-order valence-corrected chi connectivity index (χ1v) is 7.94. The van der Waals surface area contributed by atoms with Gasteiger partial charge in [0.1, 0.15) is 11.6 Å². The fraction of sp³-hybridized carbons (Fsp3) is 0.125. The Labute approximate surface area is 137 Å². The number of thioether (sulfide) groups is 1. The van der Waals surface area contributed by atoms with Gasteiger partial charge in [-0.1, -0.05) is 17.7 Å². The number of rotatable bonds is 2. The molecule has 2 N–H and O–H groups in total. The van der Waals surface area contributed by atoms with Crippen LogP contribution in [0, 0.1) is 0 Å². The van der Waals surface area contributed by atoms with Crippen molar-refractivity contribution in [1.29, 1.82) is 0 Å². The van der Waals surface area contributed by atoms with Gasteiger partial charge in [0.2, 0.25) is 0 Å². The number of aromatic nitrogens is 1. The van der Waals surface area contributed by atoms with Crippen LogP contribution in [-0.2, 0) is 4.79 Å². The van der Waals surface area contributed by atoms with Crippen LogP contribution in [-0.4, -0.2) is 21.2 Å². The Kier molecular flexibility index (Phi) is 4.09. The van der Waals surface area contributed by atoms with E-state index in [4.69, 9.17) is 11.6 Å². The van der Waals surface area contributed by atoms with Crippen molar-refractivity contribution >= 4 is 40.8 Å². The van der Waals surface area contributed by atoms with E-state index in [-0.39, 0.29) is 16.9 Å². The predicted octanol–water partition coefficient (Wildman–Crippen LogP) is 4.14. The van der Waals surface area contributed by atoms with Gasteiger partial charge in [-0.05, 0) is 37.3 Å². The number of hydrogen-bond acceptors (Lipinski definition) is 4. The minimum absolute atomic E-state index is 0.0304. The molecule has 0 radical (unpaired) electrons. The number of carbonyl (C=O) groups is 1. The first-order chi connectivity index (χ1) is 10.6. The maximum atomic E-state index is 12.5. The summed E-state index contributed by atoms with van der Waals surface area (Å²) in [6, 6.07) is 10.5. The lowest BCUT2D eigenvalue weighted by atomic mass is 10.0. The fourth-order valence-corrected chi connectivity index (χ4v) is 3.61. The molecule has 0 saturated carbocycles. The van der Waals surface area contributed by atoms with Crippen molar-refractivity contribution in [2.75, 3.05) is 5.32 Å². The lowest BCUT2D eigenvalue weighted by Crippen LogP contribution is -2.24. The quantitative estimate of drug-likeness (QED) is 0.867. The third kappa shape index (κ3) is 2.82. The smallest absolute Gasteiger partial charge is 0.257 e. The van der Waals surface area contributed by atoms with Gasteiger partial charge >= 0.3 is 0 Å².